The van der Waals surface area contributed by atoms with Gasteiger partial charge in [0.2, 0.25) is 0 Å². The first-order valence-corrected chi connectivity index (χ1v) is 8.79. The van der Waals surface area contributed by atoms with Gasteiger partial charge in [0.05, 0.1) is 5.69 Å². The highest BCUT2D eigenvalue weighted by Gasteiger charge is 2.18. The Morgan fingerprint density at radius 3 is 2.05 bits per heavy atom. The van der Waals surface area contributed by atoms with Crippen LogP contribution in [0.25, 0.3) is 0 Å². The lowest BCUT2D eigenvalue weighted by Gasteiger charge is -2.17. The second-order valence-corrected chi connectivity index (χ2v) is 6.31. The van der Waals surface area contributed by atoms with Gasteiger partial charge in [0.25, 0.3) is 0 Å². The third-order valence-electron chi connectivity index (χ3n) is 4.61. The van der Waals surface area contributed by atoms with Crippen molar-refractivity contribution in [2.24, 2.45) is 7.05 Å². The van der Waals surface area contributed by atoms with Crippen molar-refractivity contribution in [1.82, 2.24) is 15.1 Å². The monoisotopic (exact) mass is 293 g/mol. The molecular formula is C18H35N3. The number of hydrogen-bond acceptors (Lipinski definition) is 2. The van der Waals surface area contributed by atoms with E-state index in [0.717, 1.165) is 0 Å². The predicted molar refractivity (Wildman–Crippen MR) is 91.7 cm³/mol. The van der Waals surface area contributed by atoms with Gasteiger partial charge in [-0.05, 0) is 27.3 Å². The zero-order chi connectivity index (χ0) is 15.7. The highest BCUT2D eigenvalue weighted by Crippen LogP contribution is 2.25. The Hall–Kier alpha value is -0.830. The van der Waals surface area contributed by atoms with Crippen LogP contribution in [-0.2, 0) is 7.05 Å². The molecule has 1 aromatic heterocycles. The highest BCUT2D eigenvalue weighted by atomic mass is 15.3. The van der Waals surface area contributed by atoms with Gasteiger partial charge in [-0.25, -0.2) is 0 Å². The molecule has 0 amide bonds. The maximum Gasteiger partial charge on any atom is 0.0644 e. The quantitative estimate of drug-likeness (QED) is 0.592. The van der Waals surface area contributed by atoms with Crippen molar-refractivity contribution in [2.75, 3.05) is 7.05 Å². The van der Waals surface area contributed by atoms with Gasteiger partial charge in [-0.1, -0.05) is 58.3 Å². The summed E-state index contributed by atoms with van der Waals surface area (Å²) in [6.07, 6.45) is 12.3. The molecule has 0 radical (unpaired) electrons. The van der Waals surface area contributed by atoms with E-state index in [4.69, 9.17) is 0 Å². The molecule has 3 heteroatoms. The molecule has 1 rings (SSSR count). The van der Waals surface area contributed by atoms with E-state index in [9.17, 15) is 0 Å². The summed E-state index contributed by atoms with van der Waals surface area (Å²) in [5.41, 5.74) is 3.88. The second kappa shape index (κ2) is 9.99. The summed E-state index contributed by atoms with van der Waals surface area (Å²) in [5, 5.41) is 8.02. The Bertz CT molecular complexity index is 395. The minimum atomic E-state index is 0.457. The fourth-order valence-corrected chi connectivity index (χ4v) is 3.21. The molecule has 21 heavy (non-hydrogen) atoms. The van der Waals surface area contributed by atoms with E-state index in [1.807, 2.05) is 11.7 Å². The molecule has 1 heterocycles. The number of aryl methyl sites for hydroxylation is 2. The van der Waals surface area contributed by atoms with Crippen molar-refractivity contribution in [1.29, 1.82) is 0 Å². The minimum absolute atomic E-state index is 0.457. The van der Waals surface area contributed by atoms with Crippen LogP contribution in [0.1, 0.15) is 87.7 Å². The van der Waals surface area contributed by atoms with Gasteiger partial charge in [0.15, 0.2) is 0 Å². The predicted octanol–water partition coefficient (Wildman–Crippen LogP) is 4.83. The average molecular weight is 293 g/mol. The van der Waals surface area contributed by atoms with E-state index in [0.29, 0.717) is 6.04 Å². The van der Waals surface area contributed by atoms with Crippen LogP contribution in [0.15, 0.2) is 0 Å². The molecule has 0 saturated heterocycles. The largest absolute Gasteiger partial charge is 0.313 e. The van der Waals surface area contributed by atoms with Gasteiger partial charge in [-0.2, -0.15) is 5.10 Å². The van der Waals surface area contributed by atoms with Gasteiger partial charge >= 0.3 is 0 Å². The van der Waals surface area contributed by atoms with Crippen LogP contribution < -0.4 is 5.32 Å². The molecule has 0 aliphatic carbocycles. The first-order valence-electron chi connectivity index (χ1n) is 8.79. The Morgan fingerprint density at radius 1 is 1.00 bits per heavy atom. The van der Waals surface area contributed by atoms with Gasteiger partial charge < -0.3 is 5.32 Å². The molecule has 0 spiro atoms. The van der Waals surface area contributed by atoms with E-state index >= 15 is 0 Å². The van der Waals surface area contributed by atoms with E-state index in [-0.39, 0.29) is 0 Å². The van der Waals surface area contributed by atoms with Crippen molar-refractivity contribution < 1.29 is 0 Å². The van der Waals surface area contributed by atoms with Crippen LogP contribution in [0, 0.1) is 13.8 Å². The van der Waals surface area contributed by atoms with Crippen molar-refractivity contribution in [2.45, 2.75) is 84.6 Å². The smallest absolute Gasteiger partial charge is 0.0644 e. The van der Waals surface area contributed by atoms with Crippen molar-refractivity contribution in [3.05, 3.63) is 17.0 Å². The Labute approximate surface area is 131 Å². The molecule has 1 aromatic rings. The summed E-state index contributed by atoms with van der Waals surface area (Å²) in [4.78, 5) is 0. The van der Waals surface area contributed by atoms with Crippen LogP contribution in [-0.4, -0.2) is 16.8 Å². The fourth-order valence-electron chi connectivity index (χ4n) is 3.21. The lowest BCUT2D eigenvalue weighted by molar-refractivity contribution is 0.491. The number of aromatic nitrogens is 2. The Kier molecular flexibility index (Phi) is 8.67. The van der Waals surface area contributed by atoms with Crippen LogP contribution in [0.2, 0.25) is 0 Å². The molecule has 0 aliphatic rings. The van der Waals surface area contributed by atoms with E-state index in [1.54, 1.807) is 0 Å². The Balaban J connectivity index is 2.29. The summed E-state index contributed by atoms with van der Waals surface area (Å²) < 4.78 is 2.00. The summed E-state index contributed by atoms with van der Waals surface area (Å²) in [5.74, 6) is 0. The molecule has 0 aromatic carbocycles. The topological polar surface area (TPSA) is 29.9 Å². The molecule has 0 bridgehead atoms. The number of nitrogens with zero attached hydrogens (tertiary/aromatic N) is 2. The third kappa shape index (κ3) is 5.82. The van der Waals surface area contributed by atoms with Crippen molar-refractivity contribution in [3.8, 4) is 0 Å². The maximum absolute atomic E-state index is 4.54. The second-order valence-electron chi connectivity index (χ2n) is 6.31. The fraction of sp³-hybridized carbons (Fsp3) is 0.833. The number of rotatable bonds is 11. The van der Waals surface area contributed by atoms with E-state index in [1.165, 1.54) is 74.7 Å². The van der Waals surface area contributed by atoms with Crippen LogP contribution in [0.5, 0.6) is 0 Å². The molecule has 0 fully saturated rings. The lowest BCUT2D eigenvalue weighted by atomic mass is 9.98. The summed E-state index contributed by atoms with van der Waals surface area (Å²) in [6, 6.07) is 0.457. The van der Waals surface area contributed by atoms with Gasteiger partial charge in [0, 0.05) is 24.3 Å². The molecule has 1 N–H and O–H groups in total. The normalized spacial score (nSPS) is 12.8. The molecule has 0 aliphatic heterocycles. The standard InChI is InChI=1S/C18H35N3/c1-6-7-8-9-10-11-12-13-14-17(19-4)18-15(2)20-21(5)16(18)3/h17,19H,6-14H2,1-5H3. The number of nitrogens with one attached hydrogen (secondary N) is 1. The zero-order valence-corrected chi connectivity index (χ0v) is 14.8. The lowest BCUT2D eigenvalue weighted by Crippen LogP contribution is -2.18. The number of unbranched alkanes of at least 4 members (excludes halogenated alkanes) is 7. The van der Waals surface area contributed by atoms with Gasteiger partial charge in [-0.3, -0.25) is 4.68 Å². The Morgan fingerprint density at radius 2 is 1.57 bits per heavy atom. The third-order valence-corrected chi connectivity index (χ3v) is 4.61. The first kappa shape index (κ1) is 18.2. The van der Waals surface area contributed by atoms with Crippen LogP contribution in [0.3, 0.4) is 0 Å². The summed E-state index contributed by atoms with van der Waals surface area (Å²) in [7, 11) is 4.11. The molecule has 1 atom stereocenters. The average Bonchev–Trinajstić information content (AvgIpc) is 2.72. The van der Waals surface area contributed by atoms with Crippen molar-refractivity contribution >= 4 is 0 Å². The first-order chi connectivity index (χ1) is 10.1. The molecule has 0 saturated carbocycles. The summed E-state index contributed by atoms with van der Waals surface area (Å²) >= 11 is 0. The van der Waals surface area contributed by atoms with Gasteiger partial charge in [0.1, 0.15) is 0 Å². The minimum Gasteiger partial charge on any atom is -0.313 e. The highest BCUT2D eigenvalue weighted by molar-refractivity contribution is 5.28. The summed E-state index contributed by atoms with van der Waals surface area (Å²) in [6.45, 7) is 6.58. The van der Waals surface area contributed by atoms with Crippen molar-refractivity contribution in [3.63, 3.8) is 0 Å². The molecular weight excluding hydrogens is 258 g/mol. The molecule has 1 unspecified atom stereocenters. The molecule has 3 nitrogen and oxygen atoms in total. The van der Waals surface area contributed by atoms with E-state index < -0.39 is 0 Å². The number of hydrogen-bond donors (Lipinski definition) is 1. The van der Waals surface area contributed by atoms with Crippen LogP contribution >= 0.6 is 0 Å². The van der Waals surface area contributed by atoms with Gasteiger partial charge in [-0.15, -0.1) is 0 Å². The van der Waals surface area contributed by atoms with E-state index in [2.05, 4.69) is 38.2 Å². The zero-order valence-electron chi connectivity index (χ0n) is 14.8. The molecule has 122 valence electrons. The van der Waals surface area contributed by atoms with Crippen LogP contribution in [0.4, 0.5) is 0 Å². The SMILES string of the molecule is CCCCCCCCCCC(NC)c1c(C)nn(C)c1C. The maximum atomic E-state index is 4.54.